The van der Waals surface area contributed by atoms with Crippen LogP contribution >= 0.6 is 15.9 Å². The first kappa shape index (κ1) is 9.19. The van der Waals surface area contributed by atoms with E-state index in [2.05, 4.69) is 22.0 Å². The highest BCUT2D eigenvalue weighted by Gasteiger charge is 2.28. The van der Waals surface area contributed by atoms with Gasteiger partial charge in [-0.3, -0.25) is 0 Å². The van der Waals surface area contributed by atoms with Crippen molar-refractivity contribution in [2.75, 3.05) is 6.61 Å². The van der Waals surface area contributed by atoms with Crippen molar-refractivity contribution in [1.29, 1.82) is 0 Å². The van der Waals surface area contributed by atoms with Crippen LogP contribution in [-0.4, -0.2) is 11.7 Å². The molecule has 1 aliphatic carbocycles. The first-order valence-electron chi connectivity index (χ1n) is 4.37. The van der Waals surface area contributed by atoms with Crippen molar-refractivity contribution in [3.63, 3.8) is 0 Å². The van der Waals surface area contributed by atoms with E-state index in [-0.39, 0.29) is 18.6 Å². The summed E-state index contributed by atoms with van der Waals surface area (Å²) >= 11 is 3.42. The van der Waals surface area contributed by atoms with Crippen molar-refractivity contribution in [3.05, 3.63) is 33.8 Å². The lowest BCUT2D eigenvalue weighted by Crippen LogP contribution is -2.19. The van der Waals surface area contributed by atoms with Crippen LogP contribution < -0.4 is 5.73 Å². The van der Waals surface area contributed by atoms with Crippen molar-refractivity contribution >= 4 is 15.9 Å². The van der Waals surface area contributed by atoms with Gasteiger partial charge in [-0.05, 0) is 29.7 Å². The summed E-state index contributed by atoms with van der Waals surface area (Å²) in [6.45, 7) is 0.174. The van der Waals surface area contributed by atoms with Gasteiger partial charge in [0.05, 0.1) is 0 Å². The van der Waals surface area contributed by atoms with Crippen molar-refractivity contribution in [2.45, 2.75) is 12.5 Å². The van der Waals surface area contributed by atoms with Crippen molar-refractivity contribution in [3.8, 4) is 0 Å². The number of fused-ring (bicyclic) bond motifs is 1. The molecule has 0 heterocycles. The minimum absolute atomic E-state index is 0.00750. The van der Waals surface area contributed by atoms with Gasteiger partial charge in [-0.15, -0.1) is 0 Å². The molecule has 0 radical (unpaired) electrons. The fourth-order valence-electron chi connectivity index (χ4n) is 1.92. The molecular formula is C10H12BrNO. The summed E-state index contributed by atoms with van der Waals surface area (Å²) in [7, 11) is 0. The van der Waals surface area contributed by atoms with E-state index in [1.165, 1.54) is 11.1 Å². The van der Waals surface area contributed by atoms with E-state index >= 15 is 0 Å². The Morgan fingerprint density at radius 3 is 3.00 bits per heavy atom. The number of benzene rings is 1. The Kier molecular flexibility index (Phi) is 2.41. The maximum atomic E-state index is 9.09. The van der Waals surface area contributed by atoms with Crippen LogP contribution in [0.3, 0.4) is 0 Å². The third-order valence-corrected chi connectivity index (χ3v) is 3.18. The number of hydrogen-bond donors (Lipinski definition) is 2. The standard InChI is InChI=1S/C10H12BrNO/c11-8-1-2-9-6(4-8)3-7(5-13)10(9)12/h1-2,4,7,10,13H,3,5,12H2/t7-,10-/m1/s1. The summed E-state index contributed by atoms with van der Waals surface area (Å²) in [6, 6.07) is 6.14. The van der Waals surface area contributed by atoms with E-state index < -0.39 is 0 Å². The minimum Gasteiger partial charge on any atom is -0.396 e. The van der Waals surface area contributed by atoms with Crippen molar-refractivity contribution in [2.24, 2.45) is 11.7 Å². The summed E-state index contributed by atoms with van der Waals surface area (Å²) in [5.41, 5.74) is 8.42. The van der Waals surface area contributed by atoms with E-state index in [0.717, 1.165) is 10.9 Å². The second-order valence-electron chi connectivity index (χ2n) is 3.52. The van der Waals surface area contributed by atoms with Gasteiger partial charge in [-0.25, -0.2) is 0 Å². The zero-order valence-corrected chi connectivity index (χ0v) is 8.79. The molecule has 0 unspecified atom stereocenters. The molecule has 2 atom stereocenters. The summed E-state index contributed by atoms with van der Waals surface area (Å²) in [6.07, 6.45) is 0.895. The molecule has 0 aromatic heterocycles. The molecule has 0 aliphatic heterocycles. The molecule has 70 valence electrons. The normalized spacial score (nSPS) is 26.1. The number of aliphatic hydroxyl groups is 1. The van der Waals surface area contributed by atoms with Crippen LogP contribution in [0.2, 0.25) is 0 Å². The van der Waals surface area contributed by atoms with E-state index in [0.29, 0.717) is 0 Å². The van der Waals surface area contributed by atoms with Crippen LogP contribution in [-0.2, 0) is 6.42 Å². The van der Waals surface area contributed by atoms with Gasteiger partial charge in [0.2, 0.25) is 0 Å². The molecule has 3 N–H and O–H groups in total. The van der Waals surface area contributed by atoms with Gasteiger partial charge in [0.1, 0.15) is 0 Å². The Labute approximate surface area is 85.9 Å². The number of halogens is 1. The average Bonchev–Trinajstić information content (AvgIpc) is 2.42. The van der Waals surface area contributed by atoms with Crippen LogP contribution in [0.15, 0.2) is 22.7 Å². The highest BCUT2D eigenvalue weighted by molar-refractivity contribution is 9.10. The maximum absolute atomic E-state index is 9.09. The van der Waals surface area contributed by atoms with Gasteiger partial charge in [0.25, 0.3) is 0 Å². The molecule has 2 nitrogen and oxygen atoms in total. The van der Waals surface area contributed by atoms with Crippen LogP contribution in [0, 0.1) is 5.92 Å². The number of nitrogens with two attached hydrogens (primary N) is 1. The van der Waals surface area contributed by atoms with E-state index in [9.17, 15) is 0 Å². The van der Waals surface area contributed by atoms with E-state index in [1.807, 2.05) is 12.1 Å². The average molecular weight is 242 g/mol. The van der Waals surface area contributed by atoms with Crippen LogP contribution in [0.1, 0.15) is 17.2 Å². The molecule has 1 aliphatic rings. The SMILES string of the molecule is N[C@H]1c2ccc(Br)cc2C[C@@H]1CO. The van der Waals surface area contributed by atoms with Crippen molar-refractivity contribution < 1.29 is 5.11 Å². The van der Waals surface area contributed by atoms with Gasteiger partial charge in [-0.2, -0.15) is 0 Å². The lowest BCUT2D eigenvalue weighted by molar-refractivity contribution is 0.214. The highest BCUT2D eigenvalue weighted by atomic mass is 79.9. The predicted molar refractivity (Wildman–Crippen MR) is 55.4 cm³/mol. The van der Waals surface area contributed by atoms with Gasteiger partial charge in [-0.1, -0.05) is 22.0 Å². The summed E-state index contributed by atoms with van der Waals surface area (Å²) < 4.78 is 1.08. The Balaban J connectivity index is 2.38. The van der Waals surface area contributed by atoms with Crippen LogP contribution in [0.25, 0.3) is 0 Å². The maximum Gasteiger partial charge on any atom is 0.0480 e. The van der Waals surface area contributed by atoms with Gasteiger partial charge in [0, 0.05) is 23.0 Å². The lowest BCUT2D eigenvalue weighted by Gasteiger charge is -2.11. The third-order valence-electron chi connectivity index (χ3n) is 2.69. The smallest absolute Gasteiger partial charge is 0.0480 e. The first-order valence-corrected chi connectivity index (χ1v) is 5.16. The third kappa shape index (κ3) is 1.52. The lowest BCUT2D eigenvalue weighted by atomic mass is 10.0. The first-order chi connectivity index (χ1) is 6.22. The summed E-state index contributed by atoms with van der Waals surface area (Å²) in [4.78, 5) is 0. The largest absolute Gasteiger partial charge is 0.396 e. The predicted octanol–water partition coefficient (Wildman–Crippen LogP) is 1.61. The Bertz CT molecular complexity index is 327. The Hall–Kier alpha value is -0.380. The van der Waals surface area contributed by atoms with Crippen LogP contribution in [0.5, 0.6) is 0 Å². The minimum atomic E-state index is 0.00750. The molecule has 1 aromatic rings. The Morgan fingerprint density at radius 2 is 2.31 bits per heavy atom. The quantitative estimate of drug-likeness (QED) is 0.785. The second kappa shape index (κ2) is 3.40. The highest BCUT2D eigenvalue weighted by Crippen LogP contribution is 2.35. The molecule has 1 aromatic carbocycles. The van der Waals surface area contributed by atoms with Crippen LogP contribution in [0.4, 0.5) is 0 Å². The molecule has 3 heteroatoms. The molecule has 13 heavy (non-hydrogen) atoms. The molecule has 0 amide bonds. The molecule has 0 saturated carbocycles. The summed E-state index contributed by atoms with van der Waals surface area (Å²) in [5, 5.41) is 9.09. The number of hydrogen-bond acceptors (Lipinski definition) is 2. The Morgan fingerprint density at radius 1 is 1.54 bits per heavy atom. The monoisotopic (exact) mass is 241 g/mol. The van der Waals surface area contributed by atoms with Gasteiger partial charge < -0.3 is 10.8 Å². The molecule has 0 saturated heterocycles. The number of aliphatic hydroxyl groups excluding tert-OH is 1. The second-order valence-corrected chi connectivity index (χ2v) is 4.43. The topological polar surface area (TPSA) is 46.2 Å². The molecule has 0 fully saturated rings. The van der Waals surface area contributed by atoms with Gasteiger partial charge in [0.15, 0.2) is 0 Å². The van der Waals surface area contributed by atoms with Gasteiger partial charge >= 0.3 is 0 Å². The fourth-order valence-corrected chi connectivity index (χ4v) is 2.33. The van der Waals surface area contributed by atoms with E-state index in [1.54, 1.807) is 0 Å². The molecule has 0 bridgehead atoms. The number of rotatable bonds is 1. The molecular weight excluding hydrogens is 230 g/mol. The fraction of sp³-hybridized carbons (Fsp3) is 0.400. The van der Waals surface area contributed by atoms with E-state index in [4.69, 9.17) is 10.8 Å². The van der Waals surface area contributed by atoms with Crippen molar-refractivity contribution in [1.82, 2.24) is 0 Å². The zero-order chi connectivity index (χ0) is 9.42. The molecule has 2 rings (SSSR count). The summed E-state index contributed by atoms with van der Waals surface area (Å²) in [5.74, 6) is 0.198. The molecule has 0 spiro atoms. The zero-order valence-electron chi connectivity index (χ0n) is 7.20.